The molecule has 2 saturated carbocycles. The third kappa shape index (κ3) is 6.09. The molecule has 0 saturated heterocycles. The highest BCUT2D eigenvalue weighted by molar-refractivity contribution is 6.46. The molecule has 4 aliphatic rings. The molecule has 1 spiro atoms. The number of aliphatic imine (C=N–C) groups is 2. The van der Waals surface area contributed by atoms with Crippen molar-refractivity contribution in [2.45, 2.75) is 90.4 Å². The lowest BCUT2D eigenvalue weighted by atomic mass is 9.69. The van der Waals surface area contributed by atoms with Gasteiger partial charge in [0.2, 0.25) is 0 Å². The Bertz CT molecular complexity index is 1380. The highest BCUT2D eigenvalue weighted by Crippen LogP contribution is 2.54. The number of hydrogen-bond donors (Lipinski definition) is 3. The number of benzene rings is 1. The maximum absolute atomic E-state index is 14.3. The van der Waals surface area contributed by atoms with Crippen LogP contribution in [0, 0.1) is 17.3 Å². The number of aromatic nitrogens is 1. The number of amidine groups is 1. The van der Waals surface area contributed by atoms with Crippen molar-refractivity contribution in [2.24, 2.45) is 27.2 Å². The fourth-order valence-electron chi connectivity index (χ4n) is 7.02. The van der Waals surface area contributed by atoms with Gasteiger partial charge in [-0.05, 0) is 92.0 Å². The molecule has 0 bridgehead atoms. The van der Waals surface area contributed by atoms with E-state index < -0.39 is 5.66 Å². The van der Waals surface area contributed by atoms with Gasteiger partial charge < -0.3 is 15.6 Å². The molecule has 2 fully saturated rings. The molecule has 2 unspecified atom stereocenters. The van der Waals surface area contributed by atoms with Crippen molar-refractivity contribution in [1.82, 2.24) is 26.1 Å². The van der Waals surface area contributed by atoms with Crippen LogP contribution in [-0.2, 0) is 4.79 Å². The first-order valence-corrected chi connectivity index (χ1v) is 16.0. The minimum atomic E-state index is -0.550. The van der Waals surface area contributed by atoms with E-state index in [0.717, 1.165) is 68.5 Å². The van der Waals surface area contributed by atoms with E-state index in [4.69, 9.17) is 4.99 Å². The van der Waals surface area contributed by atoms with Crippen molar-refractivity contribution >= 4 is 23.4 Å². The summed E-state index contributed by atoms with van der Waals surface area (Å²) in [4.78, 5) is 43.7. The molecule has 3 N–H and O–H groups in total. The van der Waals surface area contributed by atoms with Crippen LogP contribution >= 0.6 is 0 Å². The Morgan fingerprint density at radius 2 is 1.86 bits per heavy atom. The van der Waals surface area contributed by atoms with Crippen LogP contribution in [0.2, 0.25) is 0 Å². The zero-order valence-electron chi connectivity index (χ0n) is 25.9. The smallest absolute Gasteiger partial charge is 0.275 e. The normalized spacial score (nSPS) is 26.5. The number of nitrogens with zero attached hydrogens (tertiary/aromatic N) is 4. The lowest BCUT2D eigenvalue weighted by molar-refractivity contribution is -0.134. The summed E-state index contributed by atoms with van der Waals surface area (Å²) in [5, 5.41) is 2.99. The lowest BCUT2D eigenvalue weighted by Gasteiger charge is -2.47. The molecule has 2 aromatic rings. The molecule has 2 aliphatic carbocycles. The van der Waals surface area contributed by atoms with Crippen LogP contribution in [0.3, 0.4) is 0 Å². The standard InChI is InChI=1S/C34H45N7O2/c1-5-27-20-37-40-28(38-27)21-36-31(42)24-12-10-23(11-13-24)30(22-8-9-22)41-32(43)29(25-7-6-18-35-19-25)39-34(41)16-14-26(15-17-34)33(2,3)4/h6-7,10-13,18-19,22,26-27,30,37H,5,8-9,14-17,20-21H2,1-4H3,(H,36,42)(H,38,40). The summed E-state index contributed by atoms with van der Waals surface area (Å²) in [6, 6.07) is 11.8. The zero-order chi connectivity index (χ0) is 30.2. The number of amides is 2. The minimum absolute atomic E-state index is 0.000628. The Balaban J connectivity index is 1.25. The fraction of sp³-hybridized carbons (Fsp3) is 0.559. The summed E-state index contributed by atoms with van der Waals surface area (Å²) >= 11 is 0. The molecule has 2 aliphatic heterocycles. The van der Waals surface area contributed by atoms with Gasteiger partial charge in [-0.1, -0.05) is 39.8 Å². The van der Waals surface area contributed by atoms with E-state index in [1.807, 2.05) is 36.4 Å². The molecule has 0 radical (unpaired) electrons. The van der Waals surface area contributed by atoms with Crippen LogP contribution in [-0.4, -0.2) is 58.0 Å². The molecule has 2 atom stereocenters. The van der Waals surface area contributed by atoms with Gasteiger partial charge in [-0.2, -0.15) is 0 Å². The maximum atomic E-state index is 14.3. The molecule has 1 aromatic heterocycles. The summed E-state index contributed by atoms with van der Waals surface area (Å²) < 4.78 is 0. The van der Waals surface area contributed by atoms with Gasteiger partial charge in [0.15, 0.2) is 0 Å². The van der Waals surface area contributed by atoms with E-state index >= 15 is 0 Å². The van der Waals surface area contributed by atoms with Gasteiger partial charge in [0.05, 0.1) is 18.6 Å². The van der Waals surface area contributed by atoms with Gasteiger partial charge in [0.1, 0.15) is 17.2 Å². The summed E-state index contributed by atoms with van der Waals surface area (Å²) in [7, 11) is 0. The molecular formula is C34H45N7O2. The predicted octanol–water partition coefficient (Wildman–Crippen LogP) is 4.81. The number of nitrogens with one attached hydrogen (secondary N) is 3. The first-order valence-electron chi connectivity index (χ1n) is 16.0. The number of rotatable bonds is 8. The van der Waals surface area contributed by atoms with E-state index in [2.05, 4.69) is 58.7 Å². The Kier molecular flexibility index (Phi) is 8.11. The average molecular weight is 584 g/mol. The summed E-state index contributed by atoms with van der Waals surface area (Å²) in [5.41, 5.74) is 8.85. The Labute approximate surface area is 255 Å². The quantitative estimate of drug-likeness (QED) is 0.413. The molecule has 228 valence electrons. The van der Waals surface area contributed by atoms with Crippen molar-refractivity contribution in [1.29, 1.82) is 0 Å². The second-order valence-corrected chi connectivity index (χ2v) is 13.7. The van der Waals surface area contributed by atoms with Gasteiger partial charge >= 0.3 is 0 Å². The maximum Gasteiger partial charge on any atom is 0.275 e. The van der Waals surface area contributed by atoms with Crippen molar-refractivity contribution < 1.29 is 9.59 Å². The third-order valence-corrected chi connectivity index (χ3v) is 9.79. The number of carbonyl (C=O) groups is 2. The Morgan fingerprint density at radius 1 is 1.12 bits per heavy atom. The van der Waals surface area contributed by atoms with Gasteiger partial charge in [-0.15, -0.1) is 0 Å². The molecule has 9 heteroatoms. The van der Waals surface area contributed by atoms with E-state index in [-0.39, 0.29) is 29.3 Å². The average Bonchev–Trinajstić information content (AvgIpc) is 3.83. The van der Waals surface area contributed by atoms with Gasteiger partial charge in [0.25, 0.3) is 11.8 Å². The second kappa shape index (κ2) is 11.8. The minimum Gasteiger partial charge on any atom is -0.345 e. The fourth-order valence-corrected chi connectivity index (χ4v) is 7.02. The van der Waals surface area contributed by atoms with Gasteiger partial charge in [0, 0.05) is 30.1 Å². The lowest BCUT2D eigenvalue weighted by Crippen LogP contribution is -2.52. The zero-order valence-corrected chi connectivity index (χ0v) is 25.9. The first kappa shape index (κ1) is 29.5. The number of carbonyl (C=O) groups excluding carboxylic acids is 2. The highest BCUT2D eigenvalue weighted by Gasteiger charge is 2.55. The van der Waals surface area contributed by atoms with Crippen LogP contribution < -0.4 is 16.2 Å². The molecule has 2 amide bonds. The van der Waals surface area contributed by atoms with Crippen LogP contribution in [0.4, 0.5) is 0 Å². The van der Waals surface area contributed by atoms with Crippen LogP contribution in [0.15, 0.2) is 58.8 Å². The molecule has 6 rings (SSSR count). The summed E-state index contributed by atoms with van der Waals surface area (Å²) in [6.07, 6.45) is 10.4. The van der Waals surface area contributed by atoms with E-state index in [0.29, 0.717) is 29.7 Å². The third-order valence-electron chi connectivity index (χ3n) is 9.79. The predicted molar refractivity (Wildman–Crippen MR) is 169 cm³/mol. The second-order valence-electron chi connectivity index (χ2n) is 13.7. The van der Waals surface area contributed by atoms with Gasteiger partial charge in [-0.3, -0.25) is 24.6 Å². The summed E-state index contributed by atoms with van der Waals surface area (Å²) in [5.74, 6) is 1.58. The van der Waals surface area contributed by atoms with E-state index in [1.54, 1.807) is 12.4 Å². The van der Waals surface area contributed by atoms with Crippen molar-refractivity contribution in [3.05, 3.63) is 65.5 Å². The molecule has 43 heavy (non-hydrogen) atoms. The van der Waals surface area contributed by atoms with Crippen LogP contribution in [0.25, 0.3) is 0 Å². The van der Waals surface area contributed by atoms with Gasteiger partial charge in [-0.25, -0.2) is 5.43 Å². The topological polar surface area (TPSA) is 111 Å². The van der Waals surface area contributed by atoms with Crippen LogP contribution in [0.5, 0.6) is 0 Å². The monoisotopic (exact) mass is 583 g/mol. The summed E-state index contributed by atoms with van der Waals surface area (Å²) in [6.45, 7) is 10.2. The Hall–Kier alpha value is -3.59. The highest BCUT2D eigenvalue weighted by atomic mass is 16.2. The van der Waals surface area contributed by atoms with Crippen molar-refractivity contribution in [3.63, 3.8) is 0 Å². The van der Waals surface area contributed by atoms with Crippen molar-refractivity contribution in [3.8, 4) is 0 Å². The van der Waals surface area contributed by atoms with Crippen LogP contribution in [0.1, 0.15) is 100 Å². The van der Waals surface area contributed by atoms with E-state index in [1.165, 1.54) is 0 Å². The number of pyridine rings is 1. The SMILES string of the molecule is CCC1CNNC(CNC(=O)c2ccc(C(C3CC3)N3C(=O)C(c4cccnc4)=NC34CCC(C(C)(C)C)CC4)cc2)=N1. The number of hydrogen-bond acceptors (Lipinski definition) is 7. The van der Waals surface area contributed by atoms with E-state index in [9.17, 15) is 9.59 Å². The molecule has 3 heterocycles. The first-order chi connectivity index (χ1) is 20.7. The molecule has 1 aromatic carbocycles. The number of hydrazine groups is 1. The Morgan fingerprint density at radius 3 is 2.49 bits per heavy atom. The molecule has 9 nitrogen and oxygen atoms in total. The molecular weight excluding hydrogens is 538 g/mol. The largest absolute Gasteiger partial charge is 0.345 e. The van der Waals surface area contributed by atoms with Crippen molar-refractivity contribution in [2.75, 3.05) is 13.1 Å².